The third-order valence-corrected chi connectivity index (χ3v) is 3.98. The van der Waals surface area contributed by atoms with Gasteiger partial charge in [-0.3, -0.25) is 0 Å². The average Bonchev–Trinajstić information content (AvgIpc) is 2.83. The minimum Gasteiger partial charge on any atom is -0.319 e. The summed E-state index contributed by atoms with van der Waals surface area (Å²) in [6, 6.07) is 8.48. The smallest absolute Gasteiger partial charge is 0.113 e. The van der Waals surface area contributed by atoms with Crippen LogP contribution in [0.5, 0.6) is 0 Å². The number of nitrogens with zero attached hydrogens (tertiary/aromatic N) is 1. The second-order valence-corrected chi connectivity index (χ2v) is 5.01. The summed E-state index contributed by atoms with van der Waals surface area (Å²) >= 11 is 1.65. The maximum atomic E-state index is 6.42. The van der Waals surface area contributed by atoms with Gasteiger partial charge in [0.05, 0.1) is 5.54 Å². The van der Waals surface area contributed by atoms with Crippen molar-refractivity contribution in [2.75, 3.05) is 0 Å². The molecule has 1 aromatic heterocycles. The Labute approximate surface area is 92.8 Å². The molecular weight excluding hydrogens is 204 g/mol. The van der Waals surface area contributed by atoms with E-state index >= 15 is 0 Å². The number of nitrogens with two attached hydrogens (primary N) is 1. The molecule has 0 unspecified atom stereocenters. The van der Waals surface area contributed by atoms with Gasteiger partial charge in [-0.25, -0.2) is 4.98 Å². The summed E-state index contributed by atoms with van der Waals surface area (Å²) in [5.41, 5.74) is 8.90. The number of aromatic nitrogens is 1. The molecule has 0 atom stereocenters. The maximum Gasteiger partial charge on any atom is 0.113 e. The molecule has 0 amide bonds. The molecule has 0 radical (unpaired) electrons. The summed E-state index contributed by atoms with van der Waals surface area (Å²) < 4.78 is 0. The van der Waals surface area contributed by atoms with Crippen molar-refractivity contribution in [3.05, 3.63) is 52.0 Å². The summed E-state index contributed by atoms with van der Waals surface area (Å²) in [5.74, 6) is 0. The Kier molecular flexibility index (Phi) is 1.90. The first kappa shape index (κ1) is 9.07. The normalized spacial score (nSPS) is 17.7. The zero-order valence-electron chi connectivity index (χ0n) is 8.31. The molecule has 0 bridgehead atoms. The Morgan fingerprint density at radius 1 is 1.20 bits per heavy atom. The molecule has 3 heteroatoms. The lowest BCUT2D eigenvalue weighted by Gasteiger charge is -2.20. The fraction of sp³-hybridized carbons (Fsp3) is 0.250. The van der Waals surface area contributed by atoms with E-state index in [9.17, 15) is 0 Å². The number of hydrogen-bond acceptors (Lipinski definition) is 3. The molecule has 2 nitrogen and oxygen atoms in total. The molecule has 1 aliphatic rings. The van der Waals surface area contributed by atoms with Crippen molar-refractivity contribution in [1.29, 1.82) is 0 Å². The Balaban J connectivity index is 2.01. The first-order chi connectivity index (χ1) is 7.28. The van der Waals surface area contributed by atoms with Crippen molar-refractivity contribution in [1.82, 2.24) is 4.98 Å². The van der Waals surface area contributed by atoms with Crippen LogP contribution in [0.3, 0.4) is 0 Å². The van der Waals surface area contributed by atoms with Gasteiger partial charge in [-0.2, -0.15) is 0 Å². The third-order valence-electron chi connectivity index (χ3n) is 2.99. The second-order valence-electron chi connectivity index (χ2n) is 4.12. The predicted molar refractivity (Wildman–Crippen MR) is 61.8 cm³/mol. The predicted octanol–water partition coefficient (Wildman–Crippen LogP) is 2.10. The number of rotatable bonds is 1. The first-order valence-corrected chi connectivity index (χ1v) is 5.91. The number of thiazole rings is 1. The van der Waals surface area contributed by atoms with E-state index in [0.717, 1.165) is 17.8 Å². The van der Waals surface area contributed by atoms with E-state index in [0.29, 0.717) is 0 Å². The Morgan fingerprint density at radius 3 is 2.40 bits per heavy atom. The van der Waals surface area contributed by atoms with Crippen LogP contribution in [0.2, 0.25) is 0 Å². The topological polar surface area (TPSA) is 38.9 Å². The van der Waals surface area contributed by atoms with Crippen LogP contribution in [0, 0.1) is 0 Å². The zero-order valence-corrected chi connectivity index (χ0v) is 9.13. The highest BCUT2D eigenvalue weighted by Crippen LogP contribution is 2.36. The largest absolute Gasteiger partial charge is 0.319 e. The number of hydrogen-bond donors (Lipinski definition) is 1. The maximum absolute atomic E-state index is 6.42. The van der Waals surface area contributed by atoms with Gasteiger partial charge < -0.3 is 5.73 Å². The summed E-state index contributed by atoms with van der Waals surface area (Å²) in [5, 5.41) is 3.05. The molecule has 2 aromatic rings. The molecule has 0 fully saturated rings. The van der Waals surface area contributed by atoms with E-state index in [1.54, 1.807) is 11.3 Å². The molecule has 0 saturated heterocycles. The highest BCUT2D eigenvalue weighted by Gasteiger charge is 2.36. The summed E-state index contributed by atoms with van der Waals surface area (Å²) in [7, 11) is 0. The van der Waals surface area contributed by atoms with Crippen LogP contribution < -0.4 is 5.73 Å². The fourth-order valence-corrected chi connectivity index (χ4v) is 3.02. The van der Waals surface area contributed by atoms with Crippen LogP contribution in [0.1, 0.15) is 16.1 Å². The van der Waals surface area contributed by atoms with E-state index in [-0.39, 0.29) is 5.54 Å². The Morgan fingerprint density at radius 2 is 1.87 bits per heavy atom. The SMILES string of the molecule is NC1(c2nccs2)Cc2ccccc2C1. The zero-order chi connectivity index (χ0) is 10.3. The van der Waals surface area contributed by atoms with Crippen molar-refractivity contribution in [3.63, 3.8) is 0 Å². The van der Waals surface area contributed by atoms with Crippen molar-refractivity contribution in [2.24, 2.45) is 5.73 Å². The average molecular weight is 216 g/mol. The van der Waals surface area contributed by atoms with Crippen LogP contribution in [0.4, 0.5) is 0 Å². The highest BCUT2D eigenvalue weighted by atomic mass is 32.1. The van der Waals surface area contributed by atoms with Gasteiger partial charge in [0, 0.05) is 11.6 Å². The van der Waals surface area contributed by atoms with E-state index in [1.807, 2.05) is 11.6 Å². The van der Waals surface area contributed by atoms with Gasteiger partial charge in [-0.1, -0.05) is 24.3 Å². The van der Waals surface area contributed by atoms with Gasteiger partial charge in [0.25, 0.3) is 0 Å². The standard InChI is InChI=1S/C12H12N2S/c13-12(11-14-5-6-15-11)7-9-3-1-2-4-10(9)8-12/h1-6H,7-8,13H2. The van der Waals surface area contributed by atoms with E-state index in [2.05, 4.69) is 29.2 Å². The Bertz CT molecular complexity index is 451. The monoisotopic (exact) mass is 216 g/mol. The summed E-state index contributed by atoms with van der Waals surface area (Å²) in [6.45, 7) is 0. The molecular formula is C12H12N2S. The molecule has 1 heterocycles. The van der Waals surface area contributed by atoms with Crippen molar-refractivity contribution in [3.8, 4) is 0 Å². The molecule has 3 rings (SSSR count). The van der Waals surface area contributed by atoms with E-state index < -0.39 is 0 Å². The number of fused-ring (bicyclic) bond motifs is 1. The molecule has 0 aliphatic heterocycles. The molecule has 1 aromatic carbocycles. The molecule has 15 heavy (non-hydrogen) atoms. The third kappa shape index (κ3) is 1.39. The van der Waals surface area contributed by atoms with Gasteiger partial charge in [0.15, 0.2) is 0 Å². The van der Waals surface area contributed by atoms with E-state index in [1.165, 1.54) is 11.1 Å². The van der Waals surface area contributed by atoms with Crippen LogP contribution in [-0.4, -0.2) is 4.98 Å². The molecule has 0 spiro atoms. The van der Waals surface area contributed by atoms with Crippen LogP contribution >= 0.6 is 11.3 Å². The molecule has 1 aliphatic carbocycles. The molecule has 2 N–H and O–H groups in total. The summed E-state index contributed by atoms with van der Waals surface area (Å²) in [6.07, 6.45) is 3.66. The molecule has 0 saturated carbocycles. The van der Waals surface area contributed by atoms with Crippen molar-refractivity contribution < 1.29 is 0 Å². The minimum absolute atomic E-state index is 0.266. The second kappa shape index (κ2) is 3.15. The van der Waals surface area contributed by atoms with Gasteiger partial charge in [0.1, 0.15) is 5.01 Å². The summed E-state index contributed by atoms with van der Waals surface area (Å²) in [4.78, 5) is 4.35. The molecule has 76 valence electrons. The first-order valence-electron chi connectivity index (χ1n) is 5.04. The quantitative estimate of drug-likeness (QED) is 0.792. The van der Waals surface area contributed by atoms with Gasteiger partial charge in [-0.05, 0) is 24.0 Å². The Hall–Kier alpha value is -1.19. The number of benzene rings is 1. The minimum atomic E-state index is -0.266. The fourth-order valence-electron chi connectivity index (χ4n) is 2.27. The van der Waals surface area contributed by atoms with Gasteiger partial charge in [-0.15, -0.1) is 11.3 Å². The lowest BCUT2D eigenvalue weighted by molar-refractivity contribution is 0.470. The van der Waals surface area contributed by atoms with Crippen molar-refractivity contribution >= 4 is 11.3 Å². The van der Waals surface area contributed by atoms with Crippen LogP contribution in [0.15, 0.2) is 35.8 Å². The lowest BCUT2D eigenvalue weighted by atomic mass is 9.98. The van der Waals surface area contributed by atoms with Crippen LogP contribution in [-0.2, 0) is 18.4 Å². The van der Waals surface area contributed by atoms with Gasteiger partial charge >= 0.3 is 0 Å². The van der Waals surface area contributed by atoms with E-state index in [4.69, 9.17) is 5.73 Å². The van der Waals surface area contributed by atoms with Crippen LogP contribution in [0.25, 0.3) is 0 Å². The van der Waals surface area contributed by atoms with Crippen molar-refractivity contribution in [2.45, 2.75) is 18.4 Å². The van der Waals surface area contributed by atoms with Gasteiger partial charge in [0.2, 0.25) is 0 Å². The highest BCUT2D eigenvalue weighted by molar-refractivity contribution is 7.09. The lowest BCUT2D eigenvalue weighted by Crippen LogP contribution is -2.37.